The molecule has 124 valence electrons. The summed E-state index contributed by atoms with van der Waals surface area (Å²) in [6.07, 6.45) is 2.08. The van der Waals surface area contributed by atoms with Crippen molar-refractivity contribution in [3.05, 3.63) is 48.3 Å². The molecule has 1 aliphatic rings. The van der Waals surface area contributed by atoms with Crippen LogP contribution < -0.4 is 9.80 Å². The fourth-order valence-corrected chi connectivity index (χ4v) is 4.73. The Kier molecular flexibility index (Phi) is 4.33. The normalized spacial score (nSPS) is 15.2. The summed E-state index contributed by atoms with van der Waals surface area (Å²) in [7, 11) is 0. The maximum atomic E-state index is 13.9. The van der Waals surface area contributed by atoms with Gasteiger partial charge in [-0.25, -0.2) is 9.37 Å². The molecule has 2 heterocycles. The van der Waals surface area contributed by atoms with Gasteiger partial charge in [-0.05, 0) is 30.5 Å². The second-order valence-electron chi connectivity index (χ2n) is 5.73. The molecular formula is C18H18FN3S2. The first-order valence-electron chi connectivity index (χ1n) is 7.94. The van der Waals surface area contributed by atoms with Gasteiger partial charge in [-0.2, -0.15) is 0 Å². The third kappa shape index (κ3) is 2.84. The maximum absolute atomic E-state index is 13.9. The fourth-order valence-electron chi connectivity index (χ4n) is 3.06. The summed E-state index contributed by atoms with van der Waals surface area (Å²) in [4.78, 5) is 10.5. The molecule has 4 rings (SSSR count). The molecule has 1 aromatic heterocycles. The summed E-state index contributed by atoms with van der Waals surface area (Å²) in [6, 6.07) is 13.3. The highest BCUT2D eigenvalue weighted by molar-refractivity contribution is 7.98. The van der Waals surface area contributed by atoms with Crippen LogP contribution in [0.15, 0.2) is 47.4 Å². The Morgan fingerprint density at radius 1 is 1.00 bits per heavy atom. The van der Waals surface area contributed by atoms with E-state index in [0.29, 0.717) is 5.69 Å². The Labute approximate surface area is 149 Å². The number of hydrogen-bond donors (Lipinski definition) is 0. The molecule has 0 N–H and O–H groups in total. The number of thiazole rings is 1. The number of benzene rings is 2. The van der Waals surface area contributed by atoms with Crippen LogP contribution >= 0.6 is 23.1 Å². The number of thioether (sulfide) groups is 1. The van der Waals surface area contributed by atoms with Crippen molar-refractivity contribution in [2.24, 2.45) is 0 Å². The Bertz CT molecular complexity index is 856. The highest BCUT2D eigenvalue weighted by Gasteiger charge is 2.22. The van der Waals surface area contributed by atoms with Gasteiger partial charge >= 0.3 is 0 Å². The lowest BCUT2D eigenvalue weighted by atomic mass is 10.2. The molecule has 1 aliphatic heterocycles. The number of rotatable bonds is 3. The van der Waals surface area contributed by atoms with Gasteiger partial charge in [0.05, 0.1) is 15.9 Å². The van der Waals surface area contributed by atoms with E-state index >= 15 is 0 Å². The van der Waals surface area contributed by atoms with Crippen LogP contribution in [0.25, 0.3) is 10.2 Å². The van der Waals surface area contributed by atoms with E-state index in [9.17, 15) is 4.39 Å². The highest BCUT2D eigenvalue weighted by atomic mass is 32.2. The van der Waals surface area contributed by atoms with E-state index in [0.717, 1.165) is 36.8 Å². The number of fused-ring (bicyclic) bond motifs is 1. The fraction of sp³-hybridized carbons (Fsp3) is 0.278. The summed E-state index contributed by atoms with van der Waals surface area (Å²) >= 11 is 3.48. The maximum Gasteiger partial charge on any atom is 0.186 e. The number of aromatic nitrogens is 1. The lowest BCUT2D eigenvalue weighted by molar-refractivity contribution is 0.597. The van der Waals surface area contributed by atoms with Crippen molar-refractivity contribution >= 4 is 44.1 Å². The third-order valence-corrected chi connectivity index (χ3v) is 6.18. The quantitative estimate of drug-likeness (QED) is 0.642. The van der Waals surface area contributed by atoms with Crippen molar-refractivity contribution in [1.82, 2.24) is 4.98 Å². The van der Waals surface area contributed by atoms with Crippen molar-refractivity contribution in [2.45, 2.75) is 4.90 Å². The first-order valence-corrected chi connectivity index (χ1v) is 9.98. The van der Waals surface area contributed by atoms with Crippen LogP contribution in [0.5, 0.6) is 0 Å². The van der Waals surface area contributed by atoms with Crippen LogP contribution in [-0.4, -0.2) is 37.4 Å². The predicted octanol–water partition coefficient (Wildman–Crippen LogP) is 4.48. The Morgan fingerprint density at radius 2 is 1.75 bits per heavy atom. The zero-order valence-corrected chi connectivity index (χ0v) is 15.0. The third-order valence-electron chi connectivity index (χ3n) is 4.33. The van der Waals surface area contributed by atoms with Crippen molar-refractivity contribution in [3.63, 3.8) is 0 Å². The summed E-state index contributed by atoms with van der Waals surface area (Å²) in [5.74, 6) is -0.143. The van der Waals surface area contributed by atoms with E-state index in [1.165, 1.54) is 15.7 Å². The number of halogens is 1. The zero-order chi connectivity index (χ0) is 16.5. The molecule has 0 unspecified atom stereocenters. The lowest BCUT2D eigenvalue weighted by Gasteiger charge is -2.36. The van der Waals surface area contributed by atoms with Gasteiger partial charge in [-0.3, -0.25) is 0 Å². The molecule has 1 fully saturated rings. The van der Waals surface area contributed by atoms with Crippen LogP contribution in [0.2, 0.25) is 0 Å². The largest absolute Gasteiger partial charge is 0.366 e. The van der Waals surface area contributed by atoms with E-state index in [4.69, 9.17) is 4.98 Å². The molecule has 0 bridgehead atoms. The number of para-hydroxylation sites is 2. The summed E-state index contributed by atoms with van der Waals surface area (Å²) in [6.45, 7) is 3.35. The van der Waals surface area contributed by atoms with Crippen LogP contribution in [-0.2, 0) is 0 Å². The Morgan fingerprint density at radius 3 is 2.50 bits per heavy atom. The summed E-state index contributed by atoms with van der Waals surface area (Å²) in [5, 5.41) is 1.07. The average molecular weight is 359 g/mol. The number of piperazine rings is 1. The first kappa shape index (κ1) is 15.7. The molecule has 0 saturated carbocycles. The number of anilines is 2. The van der Waals surface area contributed by atoms with Crippen molar-refractivity contribution < 1.29 is 4.39 Å². The van der Waals surface area contributed by atoms with Gasteiger partial charge in [0.1, 0.15) is 5.82 Å². The lowest BCUT2D eigenvalue weighted by Crippen LogP contribution is -2.46. The molecule has 0 atom stereocenters. The molecule has 3 aromatic rings. The van der Waals surface area contributed by atoms with Crippen molar-refractivity contribution in [2.75, 3.05) is 42.2 Å². The van der Waals surface area contributed by atoms with Gasteiger partial charge in [-0.1, -0.05) is 29.5 Å². The monoisotopic (exact) mass is 359 g/mol. The summed E-state index contributed by atoms with van der Waals surface area (Å²) < 4.78 is 15.2. The molecule has 6 heteroatoms. The molecule has 0 spiro atoms. The van der Waals surface area contributed by atoms with E-state index in [2.05, 4.69) is 34.3 Å². The van der Waals surface area contributed by atoms with E-state index in [1.807, 2.05) is 12.1 Å². The predicted molar refractivity (Wildman–Crippen MR) is 102 cm³/mol. The standard InChI is InChI=1S/C18H18FN3S2/c1-23-15-7-4-8-16-17(15)20-18(24-16)22-11-9-21(10-12-22)14-6-3-2-5-13(14)19/h2-8H,9-12H2,1H3. The van der Waals surface area contributed by atoms with Gasteiger partial charge < -0.3 is 9.80 Å². The molecule has 0 aliphatic carbocycles. The number of nitrogens with zero attached hydrogens (tertiary/aromatic N) is 3. The minimum absolute atomic E-state index is 0.143. The van der Waals surface area contributed by atoms with Crippen LogP contribution in [0.1, 0.15) is 0 Å². The Balaban J connectivity index is 1.53. The molecule has 1 saturated heterocycles. The van der Waals surface area contributed by atoms with Crippen LogP contribution in [0.4, 0.5) is 15.2 Å². The minimum Gasteiger partial charge on any atom is -0.366 e. The second-order valence-corrected chi connectivity index (χ2v) is 7.59. The molecule has 24 heavy (non-hydrogen) atoms. The minimum atomic E-state index is -0.143. The van der Waals surface area contributed by atoms with Gasteiger partial charge in [0, 0.05) is 31.1 Å². The van der Waals surface area contributed by atoms with Gasteiger partial charge in [0.2, 0.25) is 0 Å². The smallest absolute Gasteiger partial charge is 0.186 e. The first-order chi connectivity index (χ1) is 11.8. The molecule has 0 radical (unpaired) electrons. The van der Waals surface area contributed by atoms with E-state index in [1.54, 1.807) is 29.2 Å². The zero-order valence-electron chi connectivity index (χ0n) is 13.4. The summed E-state index contributed by atoms with van der Waals surface area (Å²) in [5.41, 5.74) is 1.80. The van der Waals surface area contributed by atoms with Gasteiger partial charge in [0.25, 0.3) is 0 Å². The number of hydrogen-bond acceptors (Lipinski definition) is 5. The molecule has 3 nitrogen and oxygen atoms in total. The van der Waals surface area contributed by atoms with Gasteiger partial charge in [-0.15, -0.1) is 11.8 Å². The SMILES string of the molecule is CSc1cccc2sc(N3CCN(c4ccccc4F)CC3)nc12. The van der Waals surface area contributed by atoms with E-state index in [-0.39, 0.29) is 5.82 Å². The van der Waals surface area contributed by atoms with Crippen molar-refractivity contribution in [1.29, 1.82) is 0 Å². The van der Waals surface area contributed by atoms with Crippen LogP contribution in [0, 0.1) is 5.82 Å². The molecule has 0 amide bonds. The highest BCUT2D eigenvalue weighted by Crippen LogP contribution is 2.34. The second kappa shape index (κ2) is 6.61. The molecule has 2 aromatic carbocycles. The average Bonchev–Trinajstić information content (AvgIpc) is 3.06. The van der Waals surface area contributed by atoms with Crippen LogP contribution in [0.3, 0.4) is 0 Å². The van der Waals surface area contributed by atoms with E-state index < -0.39 is 0 Å². The van der Waals surface area contributed by atoms with Gasteiger partial charge in [0.15, 0.2) is 5.13 Å². The van der Waals surface area contributed by atoms with Crippen molar-refractivity contribution in [3.8, 4) is 0 Å². The Hall–Kier alpha value is -1.79. The topological polar surface area (TPSA) is 19.4 Å². The molecular weight excluding hydrogens is 341 g/mol.